The average Bonchev–Trinajstić information content (AvgIpc) is 1.90. The Hall–Kier alpha value is -0.120. The van der Waals surface area contributed by atoms with Gasteiger partial charge in [0.2, 0.25) is 0 Å². The molecule has 10 heavy (non-hydrogen) atoms. The van der Waals surface area contributed by atoms with Gasteiger partial charge in [-0.3, -0.25) is 0 Å². The van der Waals surface area contributed by atoms with Gasteiger partial charge in [-0.05, 0) is 32.5 Å². The van der Waals surface area contributed by atoms with Crippen LogP contribution < -0.4 is 6.15 Å². The Labute approximate surface area is 63.3 Å². The molecule has 3 nitrogen and oxygen atoms in total. The fourth-order valence-corrected chi connectivity index (χ4v) is 1.28. The second-order valence-electron chi connectivity index (χ2n) is 2.49. The molecule has 1 fully saturated rings. The van der Waals surface area contributed by atoms with E-state index in [-0.39, 0.29) is 11.6 Å². The fraction of sp³-hybridized carbons (Fsp3) is 1.00. The number of rotatable bonds is 1. The molecule has 0 aromatic heterocycles. The Balaban J connectivity index is 0. The van der Waals surface area contributed by atoms with E-state index in [1.807, 2.05) is 0 Å². The van der Waals surface area contributed by atoms with Gasteiger partial charge in [0.25, 0.3) is 0 Å². The van der Waals surface area contributed by atoms with Crippen molar-refractivity contribution in [1.29, 1.82) is 0 Å². The molecule has 0 aromatic carbocycles. The van der Waals surface area contributed by atoms with Crippen LogP contribution in [0.4, 0.5) is 0 Å². The molecule has 64 valence electrons. The highest BCUT2D eigenvalue weighted by molar-refractivity contribution is 4.61. The summed E-state index contributed by atoms with van der Waals surface area (Å²) in [6.45, 7) is 6.18. The first-order chi connectivity index (χ1) is 3.93. The molecule has 1 aliphatic heterocycles. The molecule has 0 bridgehead atoms. The van der Waals surface area contributed by atoms with E-state index in [0.717, 1.165) is 0 Å². The predicted octanol–water partition coefficient (Wildman–Crippen LogP) is 0.829. The van der Waals surface area contributed by atoms with Gasteiger partial charge >= 0.3 is 0 Å². The van der Waals surface area contributed by atoms with Gasteiger partial charge in [-0.1, -0.05) is 13.3 Å². The quantitative estimate of drug-likeness (QED) is 0.598. The maximum Gasteiger partial charge on any atom is -0.00188 e. The molecule has 0 spiro atoms. The van der Waals surface area contributed by atoms with E-state index >= 15 is 0 Å². The van der Waals surface area contributed by atoms with Crippen LogP contribution in [-0.2, 0) is 0 Å². The summed E-state index contributed by atoms with van der Waals surface area (Å²) in [5, 5.41) is 0. The Morgan fingerprint density at radius 2 is 1.60 bits per heavy atom. The molecule has 1 aliphatic rings. The SMILES string of the molecule is CCN1CCCCC1.N.O. The van der Waals surface area contributed by atoms with Crippen molar-refractivity contribution >= 4 is 0 Å². The molecular weight excluding hydrogens is 128 g/mol. The molecule has 0 amide bonds. The van der Waals surface area contributed by atoms with Gasteiger partial charge in [0.15, 0.2) is 0 Å². The molecule has 1 heterocycles. The Bertz CT molecular complexity index is 62.6. The van der Waals surface area contributed by atoms with Crippen molar-refractivity contribution < 1.29 is 5.48 Å². The van der Waals surface area contributed by atoms with Crippen LogP contribution in [0.3, 0.4) is 0 Å². The molecule has 0 unspecified atom stereocenters. The van der Waals surface area contributed by atoms with E-state index in [1.165, 1.54) is 38.9 Å². The first kappa shape index (κ1) is 12.5. The van der Waals surface area contributed by atoms with Crippen molar-refractivity contribution in [1.82, 2.24) is 11.1 Å². The number of likely N-dealkylation sites (tertiary alicyclic amines) is 1. The number of hydrogen-bond acceptors (Lipinski definition) is 2. The van der Waals surface area contributed by atoms with Gasteiger partial charge in [0.1, 0.15) is 0 Å². The van der Waals surface area contributed by atoms with Gasteiger partial charge in [-0.15, -0.1) is 0 Å². The molecule has 1 rings (SSSR count). The van der Waals surface area contributed by atoms with E-state index in [1.54, 1.807) is 0 Å². The molecule has 0 radical (unpaired) electrons. The van der Waals surface area contributed by atoms with E-state index in [4.69, 9.17) is 0 Å². The third-order valence-corrected chi connectivity index (χ3v) is 1.90. The zero-order valence-corrected chi connectivity index (χ0v) is 6.90. The summed E-state index contributed by atoms with van der Waals surface area (Å²) in [5.74, 6) is 0. The zero-order chi connectivity index (χ0) is 5.82. The second kappa shape index (κ2) is 6.99. The summed E-state index contributed by atoms with van der Waals surface area (Å²) in [7, 11) is 0. The number of nitrogens with zero attached hydrogens (tertiary/aromatic N) is 1. The average molecular weight is 148 g/mol. The third kappa shape index (κ3) is 3.82. The van der Waals surface area contributed by atoms with Crippen molar-refractivity contribution in [2.45, 2.75) is 26.2 Å². The lowest BCUT2D eigenvalue weighted by Crippen LogP contribution is -2.29. The molecule has 0 saturated carbocycles. The van der Waals surface area contributed by atoms with Crippen molar-refractivity contribution in [3.8, 4) is 0 Å². The van der Waals surface area contributed by atoms with Crippen LogP contribution in [0.25, 0.3) is 0 Å². The minimum atomic E-state index is 0. The lowest BCUT2D eigenvalue weighted by molar-refractivity contribution is 0.240. The Kier molecular flexibility index (Phi) is 8.77. The maximum absolute atomic E-state index is 2.52. The van der Waals surface area contributed by atoms with E-state index in [9.17, 15) is 0 Å². The highest BCUT2D eigenvalue weighted by atomic mass is 16.0. The van der Waals surface area contributed by atoms with Gasteiger partial charge in [0, 0.05) is 0 Å². The first-order valence-electron chi connectivity index (χ1n) is 3.66. The summed E-state index contributed by atoms with van der Waals surface area (Å²) in [6.07, 6.45) is 4.30. The summed E-state index contributed by atoms with van der Waals surface area (Å²) in [5.41, 5.74) is 0. The van der Waals surface area contributed by atoms with E-state index in [2.05, 4.69) is 11.8 Å². The van der Waals surface area contributed by atoms with Gasteiger partial charge in [-0.2, -0.15) is 0 Å². The predicted molar refractivity (Wildman–Crippen MR) is 44.6 cm³/mol. The minimum absolute atomic E-state index is 0. The Morgan fingerprint density at radius 1 is 1.10 bits per heavy atom. The first-order valence-corrected chi connectivity index (χ1v) is 3.66. The van der Waals surface area contributed by atoms with Gasteiger partial charge in [0.05, 0.1) is 0 Å². The molecule has 0 aliphatic carbocycles. The number of piperidine rings is 1. The largest absolute Gasteiger partial charge is 0.412 e. The monoisotopic (exact) mass is 148 g/mol. The highest BCUT2D eigenvalue weighted by Gasteiger charge is 2.05. The summed E-state index contributed by atoms with van der Waals surface area (Å²) >= 11 is 0. The molecule has 1 saturated heterocycles. The van der Waals surface area contributed by atoms with Gasteiger partial charge in [-0.25, -0.2) is 0 Å². The van der Waals surface area contributed by atoms with E-state index < -0.39 is 0 Å². The van der Waals surface area contributed by atoms with Crippen LogP contribution in [0.5, 0.6) is 0 Å². The molecule has 0 atom stereocenters. The smallest absolute Gasteiger partial charge is 0.00188 e. The fourth-order valence-electron chi connectivity index (χ4n) is 1.28. The second-order valence-corrected chi connectivity index (χ2v) is 2.49. The third-order valence-electron chi connectivity index (χ3n) is 1.90. The standard InChI is InChI=1S/C7H15N.H3N.H2O/c1-2-8-6-4-3-5-7-8;;/h2-7H2,1H3;1H3;1H2. The van der Waals surface area contributed by atoms with Crippen molar-refractivity contribution in [3.63, 3.8) is 0 Å². The van der Waals surface area contributed by atoms with Crippen LogP contribution in [0.2, 0.25) is 0 Å². The van der Waals surface area contributed by atoms with Crippen LogP contribution in [0, 0.1) is 0 Å². The van der Waals surface area contributed by atoms with Crippen LogP contribution in [0.1, 0.15) is 26.2 Å². The van der Waals surface area contributed by atoms with Crippen LogP contribution in [0.15, 0.2) is 0 Å². The summed E-state index contributed by atoms with van der Waals surface area (Å²) in [4.78, 5) is 2.52. The lowest BCUT2D eigenvalue weighted by atomic mass is 10.1. The molecule has 5 N–H and O–H groups in total. The molecule has 3 heteroatoms. The molecule has 0 aromatic rings. The van der Waals surface area contributed by atoms with Crippen LogP contribution >= 0.6 is 0 Å². The van der Waals surface area contributed by atoms with E-state index in [0.29, 0.717) is 0 Å². The van der Waals surface area contributed by atoms with Crippen molar-refractivity contribution in [2.24, 2.45) is 0 Å². The lowest BCUT2D eigenvalue weighted by Gasteiger charge is -2.24. The summed E-state index contributed by atoms with van der Waals surface area (Å²) in [6, 6.07) is 0. The van der Waals surface area contributed by atoms with Crippen LogP contribution in [-0.4, -0.2) is 30.0 Å². The summed E-state index contributed by atoms with van der Waals surface area (Å²) < 4.78 is 0. The topological polar surface area (TPSA) is 69.7 Å². The number of hydrogen-bond donors (Lipinski definition) is 1. The van der Waals surface area contributed by atoms with Crippen molar-refractivity contribution in [3.05, 3.63) is 0 Å². The van der Waals surface area contributed by atoms with Gasteiger partial charge < -0.3 is 16.5 Å². The normalized spacial score (nSPS) is 18.9. The highest BCUT2D eigenvalue weighted by Crippen LogP contribution is 2.06. The molecular formula is C7H20N2O. The zero-order valence-electron chi connectivity index (χ0n) is 6.90. The Morgan fingerprint density at radius 3 is 1.90 bits per heavy atom. The van der Waals surface area contributed by atoms with Crippen molar-refractivity contribution in [2.75, 3.05) is 19.6 Å². The maximum atomic E-state index is 2.52. The minimum Gasteiger partial charge on any atom is -0.412 e.